The lowest BCUT2D eigenvalue weighted by atomic mass is 10.0. The number of ether oxygens (including phenoxy) is 1. The normalized spacial score (nSPS) is 19.0. The molecule has 2 aromatic rings. The Kier molecular flexibility index (Phi) is 4.95. The van der Waals surface area contributed by atoms with Crippen LogP contribution in [0.25, 0.3) is 0 Å². The maximum absolute atomic E-state index is 11.5. The number of nitrogens with one attached hydrogen (secondary N) is 1. The van der Waals surface area contributed by atoms with Crippen LogP contribution in [-0.4, -0.2) is 34.5 Å². The van der Waals surface area contributed by atoms with E-state index in [9.17, 15) is 9.90 Å². The maximum Gasteiger partial charge on any atom is 0.409 e. The number of carbonyl (C=O) groups is 1. The molecule has 1 aliphatic heterocycles. The van der Waals surface area contributed by atoms with Gasteiger partial charge in [0.25, 0.3) is 0 Å². The average molecular weight is 340 g/mol. The van der Waals surface area contributed by atoms with Crippen LogP contribution < -0.4 is 5.32 Å². The third-order valence-electron chi connectivity index (χ3n) is 4.56. The highest BCUT2D eigenvalue weighted by Gasteiger charge is 2.43. The maximum atomic E-state index is 11.5. The van der Waals surface area contributed by atoms with Crippen LogP contribution in [0.3, 0.4) is 0 Å². The number of hydrogen-bond acceptors (Lipinski definition) is 3. The van der Waals surface area contributed by atoms with E-state index in [4.69, 9.17) is 4.74 Å². The summed E-state index contributed by atoms with van der Waals surface area (Å²) in [6, 6.07) is 18.2. The minimum atomic E-state index is -0.921. The lowest BCUT2D eigenvalue weighted by molar-refractivity contribution is -0.0421. The Morgan fingerprint density at radius 1 is 1.16 bits per heavy atom. The van der Waals surface area contributed by atoms with Crippen molar-refractivity contribution < 1.29 is 14.6 Å². The summed E-state index contributed by atoms with van der Waals surface area (Å²) < 4.78 is 5.64. The first-order valence-electron chi connectivity index (χ1n) is 8.53. The van der Waals surface area contributed by atoms with Gasteiger partial charge in [-0.05, 0) is 56.5 Å². The van der Waals surface area contributed by atoms with Crippen molar-refractivity contribution in [3.8, 4) is 0 Å². The SMILES string of the molecule is CC1(C)OC[C@H](CCc2ccc(Nc3ccccc3)cc2)N1C(=O)O. The second-order valence-electron chi connectivity index (χ2n) is 6.79. The van der Waals surface area contributed by atoms with Gasteiger partial charge in [0.1, 0.15) is 5.72 Å². The molecular formula is C20H24N2O3. The largest absolute Gasteiger partial charge is 0.465 e. The van der Waals surface area contributed by atoms with Crippen molar-refractivity contribution in [1.82, 2.24) is 4.90 Å². The molecule has 1 saturated heterocycles. The molecule has 1 atom stereocenters. The lowest BCUT2D eigenvalue weighted by Crippen LogP contribution is -2.47. The lowest BCUT2D eigenvalue weighted by Gasteiger charge is -2.31. The fraction of sp³-hybridized carbons (Fsp3) is 0.350. The van der Waals surface area contributed by atoms with Gasteiger partial charge < -0.3 is 15.2 Å². The molecule has 1 fully saturated rings. The zero-order valence-corrected chi connectivity index (χ0v) is 14.6. The smallest absolute Gasteiger partial charge is 0.409 e. The van der Waals surface area contributed by atoms with Crippen LogP contribution in [0.4, 0.5) is 16.2 Å². The van der Waals surface area contributed by atoms with Crippen LogP contribution in [0.5, 0.6) is 0 Å². The van der Waals surface area contributed by atoms with Crippen LogP contribution in [0.1, 0.15) is 25.8 Å². The van der Waals surface area contributed by atoms with Gasteiger partial charge in [0.2, 0.25) is 0 Å². The molecule has 0 unspecified atom stereocenters. The first-order chi connectivity index (χ1) is 12.0. The topological polar surface area (TPSA) is 61.8 Å². The monoisotopic (exact) mass is 340 g/mol. The summed E-state index contributed by atoms with van der Waals surface area (Å²) in [5, 5.41) is 12.8. The fourth-order valence-electron chi connectivity index (χ4n) is 3.26. The van der Waals surface area contributed by atoms with Gasteiger partial charge >= 0.3 is 6.09 Å². The summed E-state index contributed by atoms with van der Waals surface area (Å²) >= 11 is 0. The first kappa shape index (κ1) is 17.3. The fourth-order valence-corrected chi connectivity index (χ4v) is 3.26. The predicted octanol–water partition coefficient (Wildman–Crippen LogP) is 4.48. The Morgan fingerprint density at radius 2 is 1.80 bits per heavy atom. The third kappa shape index (κ3) is 4.12. The minimum absolute atomic E-state index is 0.102. The Bertz CT molecular complexity index is 713. The number of rotatable bonds is 5. The Hall–Kier alpha value is -2.53. The molecule has 0 bridgehead atoms. The van der Waals surface area contributed by atoms with Crippen molar-refractivity contribution in [3.05, 3.63) is 60.2 Å². The second-order valence-corrected chi connectivity index (χ2v) is 6.79. The standard InChI is InChI=1S/C20H24N2O3/c1-20(2)22(19(23)24)18(14-25-20)13-10-15-8-11-17(12-9-15)21-16-6-4-3-5-7-16/h3-9,11-12,18,21H,10,13-14H2,1-2H3,(H,23,24)/t18-/m0/s1. The van der Waals surface area contributed by atoms with E-state index in [0.29, 0.717) is 6.61 Å². The molecule has 1 heterocycles. The number of nitrogens with zero attached hydrogens (tertiary/aromatic N) is 1. The molecule has 1 aliphatic rings. The number of para-hydroxylation sites is 1. The van der Waals surface area contributed by atoms with Gasteiger partial charge in [-0.25, -0.2) is 4.79 Å². The van der Waals surface area contributed by atoms with Crippen LogP contribution in [0.15, 0.2) is 54.6 Å². The molecule has 0 aliphatic carbocycles. The summed E-state index contributed by atoms with van der Waals surface area (Å²) in [6.45, 7) is 4.04. The van der Waals surface area contributed by atoms with Crippen molar-refractivity contribution in [2.45, 2.75) is 38.5 Å². The highest BCUT2D eigenvalue weighted by Crippen LogP contribution is 2.29. The number of benzene rings is 2. The first-order valence-corrected chi connectivity index (χ1v) is 8.53. The predicted molar refractivity (Wildman–Crippen MR) is 98.2 cm³/mol. The number of carboxylic acid groups (broad SMARTS) is 1. The van der Waals surface area contributed by atoms with E-state index in [2.05, 4.69) is 17.4 Å². The molecule has 0 radical (unpaired) electrons. The molecule has 2 N–H and O–H groups in total. The Morgan fingerprint density at radius 3 is 2.44 bits per heavy atom. The van der Waals surface area contributed by atoms with E-state index in [1.54, 1.807) is 13.8 Å². The summed E-state index contributed by atoms with van der Waals surface area (Å²) in [5.74, 6) is 0. The molecular weight excluding hydrogens is 316 g/mol. The molecule has 5 heteroatoms. The van der Waals surface area contributed by atoms with Gasteiger partial charge in [0.15, 0.2) is 0 Å². The van der Waals surface area contributed by atoms with E-state index >= 15 is 0 Å². The second kappa shape index (κ2) is 7.15. The third-order valence-corrected chi connectivity index (χ3v) is 4.56. The quantitative estimate of drug-likeness (QED) is 0.842. The molecule has 0 aromatic heterocycles. The zero-order valence-electron chi connectivity index (χ0n) is 14.6. The van der Waals surface area contributed by atoms with Gasteiger partial charge in [-0.1, -0.05) is 30.3 Å². The van der Waals surface area contributed by atoms with Crippen molar-refractivity contribution >= 4 is 17.5 Å². The van der Waals surface area contributed by atoms with Crippen LogP contribution >= 0.6 is 0 Å². The van der Waals surface area contributed by atoms with E-state index < -0.39 is 11.8 Å². The van der Waals surface area contributed by atoms with E-state index in [1.807, 2.05) is 42.5 Å². The van der Waals surface area contributed by atoms with Crippen molar-refractivity contribution in [2.75, 3.05) is 11.9 Å². The molecule has 25 heavy (non-hydrogen) atoms. The zero-order chi connectivity index (χ0) is 17.9. The average Bonchev–Trinajstić information content (AvgIpc) is 2.90. The van der Waals surface area contributed by atoms with Gasteiger partial charge in [0.05, 0.1) is 12.6 Å². The highest BCUT2D eigenvalue weighted by molar-refractivity contribution is 5.66. The van der Waals surface area contributed by atoms with Gasteiger partial charge in [-0.3, -0.25) is 4.90 Å². The van der Waals surface area contributed by atoms with Gasteiger partial charge in [0, 0.05) is 11.4 Å². The molecule has 5 nitrogen and oxygen atoms in total. The Labute approximate surface area is 148 Å². The van der Waals surface area contributed by atoms with E-state index in [-0.39, 0.29) is 6.04 Å². The highest BCUT2D eigenvalue weighted by atomic mass is 16.5. The Balaban J connectivity index is 1.58. The summed E-state index contributed by atoms with van der Waals surface area (Å²) in [4.78, 5) is 12.9. The molecule has 0 saturated carbocycles. The molecule has 2 aromatic carbocycles. The van der Waals surface area contributed by atoms with Crippen molar-refractivity contribution in [3.63, 3.8) is 0 Å². The summed E-state index contributed by atoms with van der Waals surface area (Å²) in [7, 11) is 0. The molecule has 132 valence electrons. The number of anilines is 2. The van der Waals surface area contributed by atoms with E-state index in [0.717, 1.165) is 24.2 Å². The number of aryl methyl sites for hydroxylation is 1. The minimum Gasteiger partial charge on any atom is -0.465 e. The van der Waals surface area contributed by atoms with Crippen LogP contribution in [-0.2, 0) is 11.2 Å². The molecule has 3 rings (SSSR count). The van der Waals surface area contributed by atoms with Crippen LogP contribution in [0, 0.1) is 0 Å². The van der Waals surface area contributed by atoms with Crippen molar-refractivity contribution in [1.29, 1.82) is 0 Å². The number of hydrogen-bond donors (Lipinski definition) is 2. The van der Waals surface area contributed by atoms with Gasteiger partial charge in [-0.15, -0.1) is 0 Å². The summed E-state index contributed by atoms with van der Waals surface area (Å²) in [5.41, 5.74) is 2.53. The molecule has 1 amide bonds. The summed E-state index contributed by atoms with van der Waals surface area (Å²) in [6.07, 6.45) is 0.649. The van der Waals surface area contributed by atoms with Crippen LogP contribution in [0.2, 0.25) is 0 Å². The molecule has 0 spiro atoms. The van der Waals surface area contributed by atoms with Gasteiger partial charge in [-0.2, -0.15) is 0 Å². The number of amides is 1. The van der Waals surface area contributed by atoms with E-state index in [1.165, 1.54) is 10.5 Å². The van der Waals surface area contributed by atoms with Crippen molar-refractivity contribution in [2.24, 2.45) is 0 Å².